The molecule has 0 aliphatic rings. The van der Waals surface area contributed by atoms with Crippen molar-refractivity contribution in [3.63, 3.8) is 0 Å². The van der Waals surface area contributed by atoms with Gasteiger partial charge in [0.25, 0.3) is 5.91 Å². The number of rotatable bonds is 9. The van der Waals surface area contributed by atoms with E-state index in [0.717, 1.165) is 18.2 Å². The zero-order chi connectivity index (χ0) is 23.2. The molecule has 2 N–H and O–H groups in total. The van der Waals surface area contributed by atoms with Crippen LogP contribution in [0.3, 0.4) is 0 Å². The smallest absolute Gasteiger partial charge is 0.416 e. The maximum Gasteiger partial charge on any atom is 0.416 e. The van der Waals surface area contributed by atoms with Crippen LogP contribution in [-0.2, 0) is 25.7 Å². The van der Waals surface area contributed by atoms with Crippen molar-refractivity contribution >= 4 is 44.8 Å². The Morgan fingerprint density at radius 3 is 2.42 bits per heavy atom. The predicted octanol–water partition coefficient (Wildman–Crippen LogP) is 3.95. The van der Waals surface area contributed by atoms with Crippen LogP contribution >= 0.6 is 23.2 Å². The number of carbonyl (C=O) groups is 1. The van der Waals surface area contributed by atoms with Crippen molar-refractivity contribution in [1.82, 2.24) is 4.72 Å². The van der Waals surface area contributed by atoms with E-state index in [1.165, 1.54) is 19.2 Å². The highest BCUT2D eigenvalue weighted by Crippen LogP contribution is 2.34. The summed E-state index contributed by atoms with van der Waals surface area (Å²) in [5, 5.41) is 2.05. The lowest BCUT2D eigenvalue weighted by Gasteiger charge is -2.13. The highest BCUT2D eigenvalue weighted by molar-refractivity contribution is 7.89. The minimum atomic E-state index is -4.60. The zero-order valence-electron chi connectivity index (χ0n) is 15.9. The van der Waals surface area contributed by atoms with Gasteiger partial charge in [-0.3, -0.25) is 4.79 Å². The second kappa shape index (κ2) is 10.5. The van der Waals surface area contributed by atoms with Gasteiger partial charge in [0.15, 0.2) is 6.61 Å². The van der Waals surface area contributed by atoms with Crippen LogP contribution in [0.4, 0.5) is 18.9 Å². The average Bonchev–Trinajstić information content (AvgIpc) is 2.68. The summed E-state index contributed by atoms with van der Waals surface area (Å²) in [5.74, 6) is -0.794. The Balaban J connectivity index is 2.03. The number of halogens is 5. The third-order valence-electron chi connectivity index (χ3n) is 3.74. The standard InChI is InChI=1S/C18H17Cl2F3N2O5S/c1-29-7-6-24-31(27,28)12-3-5-16(14(20)9-12)30-10-17(26)25-15-8-11(18(21,22)23)2-4-13(15)19/h2-5,8-9,24H,6-7,10H2,1H3,(H,25,26). The Morgan fingerprint density at radius 2 is 1.81 bits per heavy atom. The molecule has 13 heteroatoms. The molecule has 0 aliphatic heterocycles. The van der Waals surface area contributed by atoms with Crippen molar-refractivity contribution in [1.29, 1.82) is 0 Å². The van der Waals surface area contributed by atoms with E-state index in [0.29, 0.717) is 6.07 Å². The van der Waals surface area contributed by atoms with Gasteiger partial charge in [0.2, 0.25) is 10.0 Å². The summed E-state index contributed by atoms with van der Waals surface area (Å²) in [7, 11) is -2.40. The van der Waals surface area contributed by atoms with Crippen LogP contribution in [0.25, 0.3) is 0 Å². The zero-order valence-corrected chi connectivity index (χ0v) is 18.3. The number of anilines is 1. The van der Waals surface area contributed by atoms with Crippen LogP contribution in [0.1, 0.15) is 5.56 Å². The molecule has 0 radical (unpaired) electrons. The Kier molecular flexibility index (Phi) is 8.55. The van der Waals surface area contributed by atoms with Crippen molar-refractivity contribution in [2.75, 3.05) is 32.2 Å². The second-order valence-corrected chi connectivity index (χ2v) is 8.59. The van der Waals surface area contributed by atoms with Gasteiger partial charge in [0, 0.05) is 13.7 Å². The van der Waals surface area contributed by atoms with E-state index in [2.05, 4.69) is 10.0 Å². The number of carbonyl (C=O) groups excluding carboxylic acids is 1. The maximum absolute atomic E-state index is 12.8. The molecule has 2 aromatic carbocycles. The summed E-state index contributed by atoms with van der Waals surface area (Å²) < 4.78 is 75.0. The summed E-state index contributed by atoms with van der Waals surface area (Å²) in [5.41, 5.74) is -1.22. The number of alkyl halides is 3. The first-order chi connectivity index (χ1) is 14.4. The first kappa shape index (κ1) is 25.2. The van der Waals surface area contributed by atoms with E-state index in [9.17, 15) is 26.4 Å². The first-order valence-corrected chi connectivity index (χ1v) is 10.8. The number of hydrogen-bond donors (Lipinski definition) is 2. The molecule has 2 aromatic rings. The number of benzene rings is 2. The molecule has 0 fully saturated rings. The van der Waals surface area contributed by atoms with Crippen LogP contribution in [0.2, 0.25) is 10.0 Å². The SMILES string of the molecule is COCCNS(=O)(=O)c1ccc(OCC(=O)Nc2cc(C(F)(F)F)ccc2Cl)c(Cl)c1. The molecule has 0 bridgehead atoms. The van der Waals surface area contributed by atoms with Gasteiger partial charge in [-0.15, -0.1) is 0 Å². The summed E-state index contributed by atoms with van der Waals surface area (Å²) in [6.07, 6.45) is -4.60. The van der Waals surface area contributed by atoms with Crippen LogP contribution in [0.5, 0.6) is 5.75 Å². The average molecular weight is 501 g/mol. The quantitative estimate of drug-likeness (QED) is 0.508. The molecule has 0 aliphatic carbocycles. The monoisotopic (exact) mass is 500 g/mol. The van der Waals surface area contributed by atoms with Gasteiger partial charge < -0.3 is 14.8 Å². The van der Waals surface area contributed by atoms with Crippen molar-refractivity contribution in [3.8, 4) is 5.75 Å². The summed E-state index contributed by atoms with van der Waals surface area (Å²) in [6, 6.07) is 6.10. The highest BCUT2D eigenvalue weighted by Gasteiger charge is 2.31. The van der Waals surface area contributed by atoms with Crippen molar-refractivity contribution in [2.24, 2.45) is 0 Å². The van der Waals surface area contributed by atoms with Crippen molar-refractivity contribution < 1.29 is 35.9 Å². The van der Waals surface area contributed by atoms with Gasteiger partial charge in [0.1, 0.15) is 5.75 Å². The lowest BCUT2D eigenvalue weighted by Crippen LogP contribution is -2.27. The van der Waals surface area contributed by atoms with Crippen LogP contribution in [0, 0.1) is 0 Å². The number of sulfonamides is 1. The Labute approximate surface area is 186 Å². The summed E-state index contributed by atoms with van der Waals surface area (Å²) >= 11 is 11.8. The number of methoxy groups -OCH3 is 1. The minimum absolute atomic E-state index is 0.00259. The largest absolute Gasteiger partial charge is 0.482 e. The fourth-order valence-corrected chi connectivity index (χ4v) is 3.76. The second-order valence-electron chi connectivity index (χ2n) is 6.01. The van der Waals surface area contributed by atoms with E-state index in [4.69, 9.17) is 32.7 Å². The lowest BCUT2D eigenvalue weighted by atomic mass is 10.2. The minimum Gasteiger partial charge on any atom is -0.482 e. The van der Waals surface area contributed by atoms with Gasteiger partial charge >= 0.3 is 6.18 Å². The van der Waals surface area contributed by atoms with Crippen LogP contribution in [-0.4, -0.2) is 41.2 Å². The van der Waals surface area contributed by atoms with Gasteiger partial charge in [-0.05, 0) is 36.4 Å². The number of ether oxygens (including phenoxy) is 2. The number of hydrogen-bond acceptors (Lipinski definition) is 5. The highest BCUT2D eigenvalue weighted by atomic mass is 35.5. The molecule has 1 amide bonds. The predicted molar refractivity (Wildman–Crippen MR) is 109 cm³/mol. The van der Waals surface area contributed by atoms with Crippen LogP contribution in [0.15, 0.2) is 41.3 Å². The third kappa shape index (κ3) is 7.25. The molecule has 2 rings (SSSR count). The molecule has 0 spiro atoms. The Morgan fingerprint density at radius 1 is 1.10 bits per heavy atom. The summed E-state index contributed by atoms with van der Waals surface area (Å²) in [6.45, 7) is -0.364. The lowest BCUT2D eigenvalue weighted by molar-refractivity contribution is -0.137. The van der Waals surface area contributed by atoms with Crippen molar-refractivity contribution in [3.05, 3.63) is 52.0 Å². The summed E-state index contributed by atoms with van der Waals surface area (Å²) in [4.78, 5) is 11.9. The van der Waals surface area contributed by atoms with Gasteiger partial charge in [-0.1, -0.05) is 23.2 Å². The molecule has 0 saturated heterocycles. The molecule has 0 unspecified atom stereocenters. The normalized spacial score (nSPS) is 11.9. The fourth-order valence-electron chi connectivity index (χ4n) is 2.25. The van der Waals surface area contributed by atoms with Gasteiger partial charge in [0.05, 0.1) is 32.8 Å². The van der Waals surface area contributed by atoms with E-state index >= 15 is 0 Å². The van der Waals surface area contributed by atoms with Gasteiger partial charge in [-0.2, -0.15) is 13.2 Å². The molecule has 170 valence electrons. The topological polar surface area (TPSA) is 93.7 Å². The Hall–Kier alpha value is -2.05. The van der Waals surface area contributed by atoms with Crippen LogP contribution < -0.4 is 14.8 Å². The molecular weight excluding hydrogens is 484 g/mol. The molecule has 0 aromatic heterocycles. The first-order valence-electron chi connectivity index (χ1n) is 8.51. The number of nitrogens with one attached hydrogen (secondary N) is 2. The number of amides is 1. The van der Waals surface area contributed by atoms with E-state index < -0.39 is 34.3 Å². The third-order valence-corrected chi connectivity index (χ3v) is 5.82. The Bertz CT molecular complexity index is 1050. The van der Waals surface area contributed by atoms with Gasteiger partial charge in [-0.25, -0.2) is 13.1 Å². The van der Waals surface area contributed by atoms with E-state index in [1.807, 2.05) is 0 Å². The maximum atomic E-state index is 12.8. The molecule has 0 atom stereocenters. The molecule has 31 heavy (non-hydrogen) atoms. The van der Waals surface area contributed by atoms with E-state index in [-0.39, 0.29) is 39.5 Å². The van der Waals surface area contributed by atoms with E-state index in [1.54, 1.807) is 0 Å². The fraction of sp³-hybridized carbons (Fsp3) is 0.278. The molecule has 7 nitrogen and oxygen atoms in total. The molecule has 0 heterocycles. The molecular formula is C18H17Cl2F3N2O5S. The van der Waals surface area contributed by atoms with Crippen molar-refractivity contribution in [2.45, 2.75) is 11.1 Å². The molecule has 0 saturated carbocycles.